The van der Waals surface area contributed by atoms with Gasteiger partial charge in [-0.15, -0.1) is 0 Å². The van der Waals surface area contributed by atoms with Crippen molar-refractivity contribution in [1.82, 2.24) is 0 Å². The van der Waals surface area contributed by atoms with Gasteiger partial charge in [-0.3, -0.25) is 4.79 Å². The van der Waals surface area contributed by atoms with Gasteiger partial charge in [0.2, 0.25) is 0 Å². The van der Waals surface area contributed by atoms with E-state index in [-0.39, 0.29) is 11.9 Å². The Morgan fingerprint density at radius 1 is 1.15 bits per heavy atom. The molecule has 2 rings (SSSR count). The molecule has 5 nitrogen and oxygen atoms in total. The lowest BCUT2D eigenvalue weighted by molar-refractivity contribution is -0.122. The van der Waals surface area contributed by atoms with Crippen LogP contribution in [-0.2, 0) is 9.53 Å². The molecule has 0 radical (unpaired) electrons. The van der Waals surface area contributed by atoms with Crippen LogP contribution >= 0.6 is 15.9 Å². The molecular formula is C20H22BrNO4. The first kappa shape index (κ1) is 20.0. The van der Waals surface area contributed by atoms with E-state index in [2.05, 4.69) is 21.2 Å². The summed E-state index contributed by atoms with van der Waals surface area (Å²) < 4.78 is 11.7. The van der Waals surface area contributed by atoms with Gasteiger partial charge in [-0.05, 0) is 55.8 Å². The zero-order valence-electron chi connectivity index (χ0n) is 14.8. The van der Waals surface area contributed by atoms with E-state index in [0.717, 1.165) is 17.3 Å². The van der Waals surface area contributed by atoms with Gasteiger partial charge < -0.3 is 14.8 Å². The number of rotatable bonds is 8. The maximum Gasteiger partial charge on any atom is 0.338 e. The van der Waals surface area contributed by atoms with Crippen molar-refractivity contribution >= 4 is 33.5 Å². The highest BCUT2D eigenvalue weighted by molar-refractivity contribution is 9.10. The second kappa shape index (κ2) is 9.97. The molecule has 6 heteroatoms. The number of esters is 1. The second-order valence-corrected chi connectivity index (χ2v) is 6.69. The molecule has 1 N–H and O–H groups in total. The summed E-state index contributed by atoms with van der Waals surface area (Å²) in [6.07, 6.45) is 1.15. The van der Waals surface area contributed by atoms with Gasteiger partial charge in [0, 0.05) is 10.2 Å². The molecule has 0 spiro atoms. The quantitative estimate of drug-likeness (QED) is 0.492. The molecule has 0 bridgehead atoms. The topological polar surface area (TPSA) is 64.6 Å². The van der Waals surface area contributed by atoms with Gasteiger partial charge in [0.05, 0.1) is 12.2 Å². The molecule has 2 aromatic carbocycles. The summed E-state index contributed by atoms with van der Waals surface area (Å²) >= 11 is 3.36. The number of benzene rings is 2. The predicted molar refractivity (Wildman–Crippen MR) is 104 cm³/mol. The predicted octanol–water partition coefficient (Wildman–Crippen LogP) is 4.81. The fourth-order valence-electron chi connectivity index (χ4n) is 2.12. The summed E-state index contributed by atoms with van der Waals surface area (Å²) in [5.41, 5.74) is 1.04. The molecular weight excluding hydrogens is 398 g/mol. The largest absolute Gasteiger partial charge is 0.481 e. The molecule has 0 unspecified atom stereocenters. The number of carbonyl (C=O) groups is 2. The first-order valence-corrected chi connectivity index (χ1v) is 9.29. The maximum atomic E-state index is 12.3. The summed E-state index contributed by atoms with van der Waals surface area (Å²) in [6.45, 7) is 4.13. The minimum absolute atomic E-state index is 0.275. The molecule has 26 heavy (non-hydrogen) atoms. The molecule has 0 fully saturated rings. The van der Waals surface area contributed by atoms with Crippen LogP contribution < -0.4 is 10.1 Å². The van der Waals surface area contributed by atoms with E-state index in [9.17, 15) is 9.59 Å². The molecule has 0 aliphatic carbocycles. The Balaban J connectivity index is 1.89. The fourth-order valence-corrected chi connectivity index (χ4v) is 2.50. The fraction of sp³-hybridized carbons (Fsp3) is 0.300. The van der Waals surface area contributed by atoms with E-state index in [1.165, 1.54) is 0 Å². The van der Waals surface area contributed by atoms with Crippen LogP contribution in [-0.4, -0.2) is 24.6 Å². The number of ether oxygens (including phenoxy) is 2. The summed E-state index contributed by atoms with van der Waals surface area (Å²) in [7, 11) is 0. The number of unbranched alkanes of at least 4 members (excludes halogenated alkanes) is 1. The molecule has 0 aliphatic rings. The lowest BCUT2D eigenvalue weighted by Crippen LogP contribution is -2.30. The Kier molecular flexibility index (Phi) is 7.66. The number of halogens is 1. The molecule has 2 aromatic rings. The van der Waals surface area contributed by atoms with Gasteiger partial charge >= 0.3 is 5.97 Å². The zero-order chi connectivity index (χ0) is 18.9. The normalized spacial score (nSPS) is 11.5. The molecule has 0 aromatic heterocycles. The summed E-state index contributed by atoms with van der Waals surface area (Å²) in [4.78, 5) is 24.1. The van der Waals surface area contributed by atoms with E-state index in [1.807, 2.05) is 19.1 Å². The van der Waals surface area contributed by atoms with Crippen molar-refractivity contribution in [3.8, 4) is 5.75 Å². The summed E-state index contributed by atoms with van der Waals surface area (Å²) in [5, 5.41) is 2.77. The zero-order valence-corrected chi connectivity index (χ0v) is 16.4. The highest BCUT2D eigenvalue weighted by Gasteiger charge is 2.15. The third kappa shape index (κ3) is 6.19. The Bertz CT molecular complexity index is 746. The van der Waals surface area contributed by atoms with E-state index < -0.39 is 6.10 Å². The smallest absolute Gasteiger partial charge is 0.338 e. The van der Waals surface area contributed by atoms with E-state index in [0.29, 0.717) is 23.6 Å². The van der Waals surface area contributed by atoms with Crippen molar-refractivity contribution < 1.29 is 19.1 Å². The van der Waals surface area contributed by atoms with Crippen LogP contribution in [0.5, 0.6) is 5.75 Å². The Hall–Kier alpha value is -2.34. The van der Waals surface area contributed by atoms with E-state index in [1.54, 1.807) is 43.3 Å². The van der Waals surface area contributed by atoms with Crippen LogP contribution in [0.15, 0.2) is 53.0 Å². The number of hydrogen-bond donors (Lipinski definition) is 1. The van der Waals surface area contributed by atoms with Crippen molar-refractivity contribution in [2.24, 2.45) is 0 Å². The Morgan fingerprint density at radius 3 is 2.54 bits per heavy atom. The van der Waals surface area contributed by atoms with Crippen molar-refractivity contribution in [3.05, 3.63) is 58.6 Å². The van der Waals surface area contributed by atoms with Crippen LogP contribution in [0.25, 0.3) is 0 Å². The van der Waals surface area contributed by atoms with Crippen molar-refractivity contribution in [2.75, 3.05) is 11.9 Å². The average Bonchev–Trinajstić information content (AvgIpc) is 2.62. The summed E-state index contributed by atoms with van der Waals surface area (Å²) in [5.74, 6) is -0.0295. The minimum atomic E-state index is -0.664. The number of hydrogen-bond acceptors (Lipinski definition) is 4. The molecule has 0 aliphatic heterocycles. The Morgan fingerprint density at radius 2 is 1.88 bits per heavy atom. The van der Waals surface area contributed by atoms with Crippen LogP contribution in [0, 0.1) is 0 Å². The number of anilines is 1. The van der Waals surface area contributed by atoms with Crippen molar-refractivity contribution in [2.45, 2.75) is 32.8 Å². The number of amides is 1. The van der Waals surface area contributed by atoms with Crippen LogP contribution in [0.3, 0.4) is 0 Å². The molecule has 0 saturated heterocycles. The molecule has 138 valence electrons. The highest BCUT2D eigenvalue weighted by Crippen LogP contribution is 2.19. The van der Waals surface area contributed by atoms with Crippen molar-refractivity contribution in [3.63, 3.8) is 0 Å². The van der Waals surface area contributed by atoms with Crippen LogP contribution in [0.4, 0.5) is 5.69 Å². The monoisotopic (exact) mass is 419 g/mol. The first-order valence-electron chi connectivity index (χ1n) is 8.50. The van der Waals surface area contributed by atoms with Gasteiger partial charge in [-0.2, -0.15) is 0 Å². The lowest BCUT2D eigenvalue weighted by Gasteiger charge is -2.15. The second-order valence-electron chi connectivity index (χ2n) is 5.77. The maximum absolute atomic E-state index is 12.3. The standard InChI is InChI=1S/C20H22BrNO4/c1-3-4-12-25-20(24)15-8-10-17(11-9-15)22-19(23)14(2)26-18-7-5-6-16(21)13-18/h5-11,13-14H,3-4,12H2,1-2H3,(H,22,23)/t14-/m1/s1. The first-order chi connectivity index (χ1) is 12.5. The van der Waals surface area contributed by atoms with E-state index >= 15 is 0 Å². The third-order valence-corrected chi connectivity index (χ3v) is 4.09. The highest BCUT2D eigenvalue weighted by atomic mass is 79.9. The van der Waals surface area contributed by atoms with Gasteiger partial charge in [-0.1, -0.05) is 35.3 Å². The number of carbonyl (C=O) groups excluding carboxylic acids is 2. The Labute approximate surface area is 161 Å². The SMILES string of the molecule is CCCCOC(=O)c1ccc(NC(=O)[C@@H](C)Oc2cccc(Br)c2)cc1. The molecule has 0 saturated carbocycles. The lowest BCUT2D eigenvalue weighted by atomic mass is 10.2. The van der Waals surface area contributed by atoms with E-state index in [4.69, 9.17) is 9.47 Å². The van der Waals surface area contributed by atoms with Gasteiger partial charge in [0.15, 0.2) is 6.10 Å². The van der Waals surface area contributed by atoms with Crippen LogP contribution in [0.2, 0.25) is 0 Å². The average molecular weight is 420 g/mol. The van der Waals surface area contributed by atoms with Gasteiger partial charge in [0.25, 0.3) is 5.91 Å². The molecule has 1 atom stereocenters. The molecule has 0 heterocycles. The molecule has 1 amide bonds. The van der Waals surface area contributed by atoms with Crippen LogP contribution in [0.1, 0.15) is 37.0 Å². The van der Waals surface area contributed by atoms with Crippen molar-refractivity contribution in [1.29, 1.82) is 0 Å². The third-order valence-electron chi connectivity index (χ3n) is 3.60. The minimum Gasteiger partial charge on any atom is -0.481 e. The van der Waals surface area contributed by atoms with Gasteiger partial charge in [0.1, 0.15) is 5.75 Å². The summed E-state index contributed by atoms with van der Waals surface area (Å²) in [6, 6.07) is 13.9. The number of nitrogens with one attached hydrogen (secondary N) is 1. The van der Waals surface area contributed by atoms with Gasteiger partial charge in [-0.25, -0.2) is 4.79 Å².